The largest absolute Gasteiger partial charge is 0.484 e. The average molecular weight is 354 g/mol. The molecule has 0 bridgehead atoms. The number of carbonyl (C=O) groups is 1. The molecule has 4 nitrogen and oxygen atoms in total. The van der Waals surface area contributed by atoms with E-state index in [0.717, 1.165) is 29.6 Å². The second-order valence-electron chi connectivity index (χ2n) is 5.48. The van der Waals surface area contributed by atoms with Crippen molar-refractivity contribution in [3.05, 3.63) is 84.4 Å². The van der Waals surface area contributed by atoms with Gasteiger partial charge in [0.05, 0.1) is 5.69 Å². The first kappa shape index (κ1) is 17.4. The summed E-state index contributed by atoms with van der Waals surface area (Å²) in [6.07, 6.45) is 0. The van der Waals surface area contributed by atoms with Gasteiger partial charge in [-0.25, -0.2) is 8.78 Å². The summed E-state index contributed by atoms with van der Waals surface area (Å²) < 4.78 is 31.9. The van der Waals surface area contributed by atoms with Crippen molar-refractivity contribution < 1.29 is 18.3 Å². The monoisotopic (exact) mass is 354 g/mol. The van der Waals surface area contributed by atoms with E-state index >= 15 is 0 Å². The van der Waals surface area contributed by atoms with Gasteiger partial charge in [-0.2, -0.15) is 0 Å². The SMILES string of the molecule is O=C(COc1ccc(Nc2ccccc2)cc1)Nc1cc(F)ccc1F. The van der Waals surface area contributed by atoms with Crippen molar-refractivity contribution in [2.45, 2.75) is 0 Å². The Hall–Kier alpha value is -3.41. The second kappa shape index (κ2) is 8.11. The van der Waals surface area contributed by atoms with Crippen LogP contribution in [0.2, 0.25) is 0 Å². The van der Waals surface area contributed by atoms with E-state index in [2.05, 4.69) is 10.6 Å². The lowest BCUT2D eigenvalue weighted by atomic mass is 10.2. The van der Waals surface area contributed by atoms with Crippen molar-refractivity contribution in [1.29, 1.82) is 0 Å². The molecule has 0 radical (unpaired) electrons. The third-order valence-electron chi connectivity index (χ3n) is 3.49. The summed E-state index contributed by atoms with van der Waals surface area (Å²) in [5, 5.41) is 5.50. The molecule has 2 N–H and O–H groups in total. The molecule has 3 aromatic rings. The van der Waals surface area contributed by atoms with Crippen molar-refractivity contribution in [2.24, 2.45) is 0 Å². The molecule has 0 aliphatic rings. The van der Waals surface area contributed by atoms with Gasteiger partial charge in [0.15, 0.2) is 6.61 Å². The van der Waals surface area contributed by atoms with Gasteiger partial charge in [-0.15, -0.1) is 0 Å². The fraction of sp³-hybridized carbons (Fsp3) is 0.0500. The highest BCUT2D eigenvalue weighted by Crippen LogP contribution is 2.20. The standard InChI is InChI=1S/C20H16F2N2O2/c21-14-6-11-18(22)19(12-14)24-20(25)13-26-17-9-7-16(8-10-17)23-15-4-2-1-3-5-15/h1-12,23H,13H2,(H,24,25). The van der Waals surface area contributed by atoms with Crippen LogP contribution in [0.25, 0.3) is 0 Å². The second-order valence-corrected chi connectivity index (χ2v) is 5.48. The van der Waals surface area contributed by atoms with Gasteiger partial charge in [-0.1, -0.05) is 18.2 Å². The van der Waals surface area contributed by atoms with E-state index in [0.29, 0.717) is 5.75 Å². The predicted molar refractivity (Wildman–Crippen MR) is 96.6 cm³/mol. The summed E-state index contributed by atoms with van der Waals surface area (Å²) in [7, 11) is 0. The third kappa shape index (κ3) is 4.80. The topological polar surface area (TPSA) is 50.4 Å². The molecule has 0 unspecified atom stereocenters. The zero-order chi connectivity index (χ0) is 18.4. The number of ether oxygens (including phenoxy) is 1. The Balaban J connectivity index is 1.53. The molecule has 3 aromatic carbocycles. The van der Waals surface area contributed by atoms with E-state index in [1.54, 1.807) is 12.1 Å². The first-order valence-corrected chi connectivity index (χ1v) is 7.90. The minimum Gasteiger partial charge on any atom is -0.484 e. The van der Waals surface area contributed by atoms with Crippen molar-refractivity contribution in [3.63, 3.8) is 0 Å². The van der Waals surface area contributed by atoms with Crippen LogP contribution in [0.3, 0.4) is 0 Å². The summed E-state index contributed by atoms with van der Waals surface area (Å²) in [6.45, 7) is -0.318. The molecule has 0 aliphatic heterocycles. The molecule has 0 atom stereocenters. The van der Waals surface area contributed by atoms with Crippen LogP contribution in [-0.2, 0) is 4.79 Å². The van der Waals surface area contributed by atoms with E-state index in [-0.39, 0.29) is 12.3 Å². The molecule has 6 heteroatoms. The molecule has 0 aromatic heterocycles. The third-order valence-corrected chi connectivity index (χ3v) is 3.49. The number of benzene rings is 3. The lowest BCUT2D eigenvalue weighted by molar-refractivity contribution is -0.118. The van der Waals surface area contributed by atoms with E-state index in [1.165, 1.54) is 0 Å². The van der Waals surface area contributed by atoms with Crippen LogP contribution in [0, 0.1) is 11.6 Å². The summed E-state index contributed by atoms with van der Waals surface area (Å²) >= 11 is 0. The lowest BCUT2D eigenvalue weighted by Gasteiger charge is -2.10. The van der Waals surface area contributed by atoms with Gasteiger partial charge in [0.25, 0.3) is 5.91 Å². The molecule has 26 heavy (non-hydrogen) atoms. The highest BCUT2D eigenvalue weighted by molar-refractivity contribution is 5.92. The highest BCUT2D eigenvalue weighted by atomic mass is 19.1. The van der Waals surface area contributed by atoms with Gasteiger partial charge >= 0.3 is 0 Å². The molecule has 0 spiro atoms. The summed E-state index contributed by atoms with van der Waals surface area (Å²) in [5.74, 6) is -1.44. The molecule has 3 rings (SSSR count). The lowest BCUT2D eigenvalue weighted by Crippen LogP contribution is -2.20. The summed E-state index contributed by atoms with van der Waals surface area (Å²) in [4.78, 5) is 11.8. The Bertz CT molecular complexity index is 884. The fourth-order valence-corrected chi connectivity index (χ4v) is 2.25. The number of carbonyl (C=O) groups excluding carboxylic acids is 1. The zero-order valence-electron chi connectivity index (χ0n) is 13.7. The molecule has 0 saturated heterocycles. The summed E-state index contributed by atoms with van der Waals surface area (Å²) in [5.41, 5.74) is 1.61. The van der Waals surface area contributed by atoms with Crippen LogP contribution in [0.5, 0.6) is 5.75 Å². The van der Waals surface area contributed by atoms with Gasteiger partial charge in [-0.3, -0.25) is 4.79 Å². The van der Waals surface area contributed by atoms with Gasteiger partial charge in [0.2, 0.25) is 0 Å². The minimum atomic E-state index is -0.712. The molecule has 132 valence electrons. The van der Waals surface area contributed by atoms with Crippen LogP contribution in [0.1, 0.15) is 0 Å². The minimum absolute atomic E-state index is 0.221. The average Bonchev–Trinajstić information content (AvgIpc) is 2.65. The van der Waals surface area contributed by atoms with Gasteiger partial charge in [-0.05, 0) is 48.5 Å². The van der Waals surface area contributed by atoms with Crippen molar-refractivity contribution in [1.82, 2.24) is 0 Å². The summed E-state index contributed by atoms with van der Waals surface area (Å²) in [6, 6.07) is 19.6. The number of para-hydroxylation sites is 1. The van der Waals surface area contributed by atoms with E-state index in [4.69, 9.17) is 4.74 Å². The van der Waals surface area contributed by atoms with Crippen molar-refractivity contribution in [2.75, 3.05) is 17.2 Å². The number of hydrogen-bond acceptors (Lipinski definition) is 3. The maximum atomic E-state index is 13.5. The number of anilines is 3. The van der Waals surface area contributed by atoms with Gasteiger partial charge in [0.1, 0.15) is 17.4 Å². The smallest absolute Gasteiger partial charge is 0.262 e. The fourth-order valence-electron chi connectivity index (χ4n) is 2.25. The molecule has 1 amide bonds. The van der Waals surface area contributed by atoms with Crippen LogP contribution >= 0.6 is 0 Å². The zero-order valence-corrected chi connectivity index (χ0v) is 13.7. The Morgan fingerprint density at radius 3 is 2.31 bits per heavy atom. The van der Waals surface area contributed by atoms with E-state index < -0.39 is 17.5 Å². The number of hydrogen-bond donors (Lipinski definition) is 2. The molecule has 0 aliphatic carbocycles. The van der Waals surface area contributed by atoms with Crippen LogP contribution in [0.15, 0.2) is 72.8 Å². The molecule has 0 saturated carbocycles. The first-order valence-electron chi connectivity index (χ1n) is 7.90. The number of amides is 1. The molecular weight excluding hydrogens is 338 g/mol. The number of nitrogens with one attached hydrogen (secondary N) is 2. The Morgan fingerprint density at radius 2 is 1.58 bits per heavy atom. The quantitative estimate of drug-likeness (QED) is 0.673. The highest BCUT2D eigenvalue weighted by Gasteiger charge is 2.09. The first-order chi connectivity index (χ1) is 12.6. The number of rotatable bonds is 6. The van der Waals surface area contributed by atoms with Crippen LogP contribution in [-0.4, -0.2) is 12.5 Å². The van der Waals surface area contributed by atoms with E-state index in [1.807, 2.05) is 42.5 Å². The maximum Gasteiger partial charge on any atom is 0.262 e. The Kier molecular flexibility index (Phi) is 5.43. The normalized spacial score (nSPS) is 10.2. The number of halogens is 2. The predicted octanol–water partition coefficient (Wildman–Crippen LogP) is 4.73. The van der Waals surface area contributed by atoms with Gasteiger partial charge in [0, 0.05) is 17.4 Å². The Morgan fingerprint density at radius 1 is 0.885 bits per heavy atom. The molecule has 0 heterocycles. The van der Waals surface area contributed by atoms with Crippen molar-refractivity contribution >= 4 is 23.0 Å². The maximum absolute atomic E-state index is 13.5. The van der Waals surface area contributed by atoms with E-state index in [9.17, 15) is 13.6 Å². The van der Waals surface area contributed by atoms with Gasteiger partial charge < -0.3 is 15.4 Å². The van der Waals surface area contributed by atoms with Crippen LogP contribution < -0.4 is 15.4 Å². The Labute approximate surface area is 149 Å². The molecule has 0 fully saturated rings. The van der Waals surface area contributed by atoms with Crippen LogP contribution in [0.4, 0.5) is 25.8 Å². The van der Waals surface area contributed by atoms with Crippen molar-refractivity contribution in [3.8, 4) is 5.75 Å². The molecular formula is C20H16F2N2O2.